The molecule has 7 heavy (non-hydrogen) atoms. The molecule has 1 aliphatic carbocycles. The third-order valence-electron chi connectivity index (χ3n) is 1.35. The summed E-state index contributed by atoms with van der Waals surface area (Å²) in [7, 11) is 0. The van der Waals surface area contributed by atoms with Gasteiger partial charge in [-0.15, -0.1) is 0 Å². The summed E-state index contributed by atoms with van der Waals surface area (Å²) in [6, 6.07) is 0. The SMILES string of the molecule is O=C=C1CCCC1. The first-order chi connectivity index (χ1) is 3.43. The van der Waals surface area contributed by atoms with E-state index in [-0.39, 0.29) is 0 Å². The fourth-order valence-corrected chi connectivity index (χ4v) is 0.904. The molecule has 0 aromatic rings. The summed E-state index contributed by atoms with van der Waals surface area (Å²) in [4.78, 5) is 9.85. The average Bonchev–Trinajstić information content (AvgIpc) is 2.14. The van der Waals surface area contributed by atoms with Crippen molar-refractivity contribution in [1.29, 1.82) is 0 Å². The number of carbonyl (C=O) groups excluding carboxylic acids is 1. The summed E-state index contributed by atoms with van der Waals surface area (Å²) >= 11 is 0. The lowest BCUT2D eigenvalue weighted by atomic mass is 10.3. The molecule has 1 nitrogen and oxygen atoms in total. The minimum absolute atomic E-state index is 0.986. The number of hydrogen-bond acceptors (Lipinski definition) is 1. The van der Waals surface area contributed by atoms with Crippen molar-refractivity contribution >= 4 is 5.94 Å². The molecule has 0 aliphatic heterocycles. The Hall–Kier alpha value is -0.550. The first-order valence-electron chi connectivity index (χ1n) is 2.66. The summed E-state index contributed by atoms with van der Waals surface area (Å²) in [5.41, 5.74) is 0.986. The quantitative estimate of drug-likeness (QED) is 0.415. The van der Waals surface area contributed by atoms with Crippen LogP contribution in [0.4, 0.5) is 0 Å². The topological polar surface area (TPSA) is 17.1 Å². The minimum Gasteiger partial charge on any atom is -0.234 e. The molecule has 1 rings (SSSR count). The van der Waals surface area contributed by atoms with Crippen LogP contribution in [0.2, 0.25) is 0 Å². The third kappa shape index (κ3) is 0.908. The standard InChI is InChI=1S/C6H8O/c7-5-6-3-1-2-4-6/h1-4H2. The summed E-state index contributed by atoms with van der Waals surface area (Å²) in [6.45, 7) is 0. The molecule has 0 aromatic heterocycles. The highest BCUT2D eigenvalue weighted by molar-refractivity contribution is 5.52. The Morgan fingerprint density at radius 2 is 1.86 bits per heavy atom. The molecule has 1 fully saturated rings. The molecule has 1 saturated carbocycles. The van der Waals surface area contributed by atoms with Gasteiger partial charge in [-0.3, -0.25) is 0 Å². The summed E-state index contributed by atoms with van der Waals surface area (Å²) in [5.74, 6) is 1.93. The van der Waals surface area contributed by atoms with Crippen molar-refractivity contribution in [3.63, 3.8) is 0 Å². The van der Waals surface area contributed by atoms with E-state index < -0.39 is 0 Å². The second kappa shape index (κ2) is 1.94. The zero-order chi connectivity index (χ0) is 5.11. The van der Waals surface area contributed by atoms with Crippen LogP contribution in [0.15, 0.2) is 5.57 Å². The Balaban J connectivity index is 2.57. The lowest BCUT2D eigenvalue weighted by Crippen LogP contribution is -1.67. The molecule has 0 atom stereocenters. The van der Waals surface area contributed by atoms with E-state index in [0.29, 0.717) is 0 Å². The van der Waals surface area contributed by atoms with Gasteiger partial charge >= 0.3 is 0 Å². The van der Waals surface area contributed by atoms with Crippen molar-refractivity contribution in [3.05, 3.63) is 5.57 Å². The molecule has 38 valence electrons. The zero-order valence-electron chi connectivity index (χ0n) is 4.24. The molecule has 1 heteroatoms. The molecular formula is C6H8O. The van der Waals surface area contributed by atoms with E-state index in [4.69, 9.17) is 0 Å². The van der Waals surface area contributed by atoms with E-state index in [1.165, 1.54) is 12.8 Å². The van der Waals surface area contributed by atoms with Crippen LogP contribution in [-0.4, -0.2) is 5.94 Å². The Bertz CT molecular complexity index is 101. The van der Waals surface area contributed by atoms with Crippen LogP contribution in [0.5, 0.6) is 0 Å². The molecule has 0 bridgehead atoms. The van der Waals surface area contributed by atoms with Gasteiger partial charge in [0.1, 0.15) is 5.94 Å². The van der Waals surface area contributed by atoms with E-state index in [9.17, 15) is 4.79 Å². The third-order valence-corrected chi connectivity index (χ3v) is 1.35. The first-order valence-corrected chi connectivity index (χ1v) is 2.66. The van der Waals surface area contributed by atoms with Gasteiger partial charge in [0.15, 0.2) is 0 Å². The summed E-state index contributed by atoms with van der Waals surface area (Å²) in [5, 5.41) is 0. The van der Waals surface area contributed by atoms with Crippen LogP contribution < -0.4 is 0 Å². The Morgan fingerprint density at radius 1 is 1.29 bits per heavy atom. The lowest BCUT2D eigenvalue weighted by molar-refractivity contribution is 0.566. The second-order valence-corrected chi connectivity index (χ2v) is 1.91. The van der Waals surface area contributed by atoms with Crippen molar-refractivity contribution in [2.24, 2.45) is 0 Å². The zero-order valence-corrected chi connectivity index (χ0v) is 4.24. The van der Waals surface area contributed by atoms with Crippen molar-refractivity contribution in [1.82, 2.24) is 0 Å². The van der Waals surface area contributed by atoms with E-state index in [1.807, 2.05) is 5.94 Å². The Labute approximate surface area is 43.0 Å². The van der Waals surface area contributed by atoms with E-state index >= 15 is 0 Å². The van der Waals surface area contributed by atoms with E-state index in [0.717, 1.165) is 18.4 Å². The molecule has 0 amide bonds. The van der Waals surface area contributed by atoms with Crippen LogP contribution in [0.25, 0.3) is 0 Å². The van der Waals surface area contributed by atoms with Gasteiger partial charge in [0, 0.05) is 5.57 Å². The minimum atomic E-state index is 0.986. The Kier molecular flexibility index (Phi) is 1.28. The van der Waals surface area contributed by atoms with Crippen LogP contribution in [0.1, 0.15) is 25.7 Å². The lowest BCUT2D eigenvalue weighted by Gasteiger charge is -1.76. The van der Waals surface area contributed by atoms with Crippen LogP contribution in [-0.2, 0) is 4.79 Å². The van der Waals surface area contributed by atoms with Crippen molar-refractivity contribution < 1.29 is 4.79 Å². The predicted molar refractivity (Wildman–Crippen MR) is 27.7 cm³/mol. The molecule has 0 heterocycles. The summed E-state index contributed by atoms with van der Waals surface area (Å²) < 4.78 is 0. The van der Waals surface area contributed by atoms with Gasteiger partial charge < -0.3 is 0 Å². The molecular weight excluding hydrogens is 88.1 g/mol. The van der Waals surface area contributed by atoms with Gasteiger partial charge in [-0.1, -0.05) is 0 Å². The highest BCUT2D eigenvalue weighted by atomic mass is 16.1. The van der Waals surface area contributed by atoms with Crippen molar-refractivity contribution in [2.75, 3.05) is 0 Å². The van der Waals surface area contributed by atoms with Crippen LogP contribution in [0.3, 0.4) is 0 Å². The molecule has 1 aliphatic rings. The molecule has 0 radical (unpaired) electrons. The fourth-order valence-electron chi connectivity index (χ4n) is 0.904. The molecule has 0 unspecified atom stereocenters. The number of hydrogen-bond donors (Lipinski definition) is 0. The normalized spacial score (nSPS) is 19.7. The highest BCUT2D eigenvalue weighted by Gasteiger charge is 2.05. The monoisotopic (exact) mass is 96.1 g/mol. The number of allylic oxidation sites excluding steroid dienone is 1. The van der Waals surface area contributed by atoms with Gasteiger partial charge in [0.2, 0.25) is 0 Å². The number of rotatable bonds is 0. The maximum Gasteiger partial charge on any atom is 0.123 e. The maximum absolute atomic E-state index is 9.85. The Morgan fingerprint density at radius 3 is 2.14 bits per heavy atom. The van der Waals surface area contributed by atoms with Gasteiger partial charge in [0.25, 0.3) is 0 Å². The van der Waals surface area contributed by atoms with E-state index in [1.54, 1.807) is 0 Å². The van der Waals surface area contributed by atoms with Crippen molar-refractivity contribution in [3.8, 4) is 0 Å². The average molecular weight is 96.1 g/mol. The maximum atomic E-state index is 9.85. The fraction of sp³-hybridized carbons (Fsp3) is 0.667. The van der Waals surface area contributed by atoms with Gasteiger partial charge in [0.05, 0.1) is 0 Å². The molecule has 0 spiro atoms. The predicted octanol–water partition coefficient (Wildman–Crippen LogP) is 1.32. The molecule has 0 aromatic carbocycles. The van der Waals surface area contributed by atoms with Gasteiger partial charge in [-0.05, 0) is 25.7 Å². The van der Waals surface area contributed by atoms with Crippen LogP contribution in [0, 0.1) is 0 Å². The van der Waals surface area contributed by atoms with Crippen molar-refractivity contribution in [2.45, 2.75) is 25.7 Å². The molecule has 0 N–H and O–H groups in total. The molecule has 0 saturated heterocycles. The first kappa shape index (κ1) is 4.61. The summed E-state index contributed by atoms with van der Waals surface area (Å²) in [6.07, 6.45) is 4.40. The van der Waals surface area contributed by atoms with Gasteiger partial charge in [-0.25, -0.2) is 4.79 Å². The van der Waals surface area contributed by atoms with E-state index in [2.05, 4.69) is 0 Å². The second-order valence-electron chi connectivity index (χ2n) is 1.91. The smallest absolute Gasteiger partial charge is 0.123 e. The van der Waals surface area contributed by atoms with Gasteiger partial charge in [-0.2, -0.15) is 0 Å². The van der Waals surface area contributed by atoms with Crippen LogP contribution >= 0.6 is 0 Å². The highest BCUT2D eigenvalue weighted by Crippen LogP contribution is 2.20. The largest absolute Gasteiger partial charge is 0.234 e.